The van der Waals surface area contributed by atoms with Crippen molar-refractivity contribution in [2.24, 2.45) is 0 Å². The van der Waals surface area contributed by atoms with E-state index in [1.165, 1.54) is 4.52 Å². The van der Waals surface area contributed by atoms with Crippen molar-refractivity contribution in [1.82, 2.24) is 29.7 Å². The van der Waals surface area contributed by atoms with Gasteiger partial charge in [0.25, 0.3) is 23.0 Å². The maximum Gasteiger partial charge on any atom is 0.277 e. The molecule has 10 heteroatoms. The smallest absolute Gasteiger partial charge is 0.277 e. The molecule has 132 valence electrons. The normalized spacial score (nSPS) is 11.4. The van der Waals surface area contributed by atoms with Crippen molar-refractivity contribution in [2.75, 3.05) is 5.32 Å². The van der Waals surface area contributed by atoms with Crippen molar-refractivity contribution in [3.05, 3.63) is 44.6 Å². The van der Waals surface area contributed by atoms with Gasteiger partial charge >= 0.3 is 0 Å². The molecule has 4 aromatic rings. The van der Waals surface area contributed by atoms with Crippen LogP contribution in [0.3, 0.4) is 0 Å². The highest BCUT2D eigenvalue weighted by molar-refractivity contribution is 6.11. The predicted molar refractivity (Wildman–Crippen MR) is 92.3 cm³/mol. The molecule has 10 nitrogen and oxygen atoms in total. The molecule has 0 bridgehead atoms. The number of carbonyl (C=O) groups is 1. The molecule has 0 atom stereocenters. The van der Waals surface area contributed by atoms with Crippen molar-refractivity contribution in [3.8, 4) is 0 Å². The van der Waals surface area contributed by atoms with Gasteiger partial charge in [0.1, 0.15) is 0 Å². The number of rotatable bonds is 2. The fraction of sp³-hybridized carbons (Fsp3) is 0.250. The lowest BCUT2D eigenvalue weighted by Gasteiger charge is -2.04. The van der Waals surface area contributed by atoms with Crippen LogP contribution in [0.1, 0.15) is 33.0 Å². The van der Waals surface area contributed by atoms with Crippen LogP contribution in [0.4, 0.5) is 5.95 Å². The number of nitrogens with zero attached hydrogens (tertiary/aromatic N) is 5. The van der Waals surface area contributed by atoms with E-state index in [9.17, 15) is 9.59 Å². The summed E-state index contributed by atoms with van der Waals surface area (Å²) < 4.78 is 6.33. The molecule has 0 fully saturated rings. The third-order valence-electron chi connectivity index (χ3n) is 4.19. The molecular weight excluding hydrogens is 338 g/mol. The molecule has 0 radical (unpaired) electrons. The number of aryl methyl sites for hydroxylation is 3. The Morgan fingerprint density at radius 3 is 2.69 bits per heavy atom. The van der Waals surface area contributed by atoms with Crippen LogP contribution in [0, 0.1) is 27.7 Å². The van der Waals surface area contributed by atoms with Crippen LogP contribution < -0.4 is 10.9 Å². The van der Waals surface area contributed by atoms with E-state index in [-0.39, 0.29) is 17.3 Å². The molecule has 0 aliphatic heterocycles. The lowest BCUT2D eigenvalue weighted by atomic mass is 10.1. The number of fused-ring (bicyclic) bond motifs is 2. The molecule has 0 spiro atoms. The van der Waals surface area contributed by atoms with Gasteiger partial charge in [0, 0.05) is 17.0 Å². The fourth-order valence-electron chi connectivity index (χ4n) is 2.73. The minimum absolute atomic E-state index is 0.112. The van der Waals surface area contributed by atoms with Crippen LogP contribution in [0.15, 0.2) is 15.4 Å². The number of amides is 1. The number of pyridine rings is 1. The summed E-state index contributed by atoms with van der Waals surface area (Å²) in [4.78, 5) is 37.6. The number of nitrogens with one attached hydrogen (secondary N) is 2. The lowest BCUT2D eigenvalue weighted by Crippen LogP contribution is -2.19. The Bertz CT molecular complexity index is 1250. The van der Waals surface area contributed by atoms with E-state index in [1.807, 2.05) is 0 Å². The quantitative estimate of drug-likeness (QED) is 0.557. The van der Waals surface area contributed by atoms with E-state index in [0.717, 1.165) is 0 Å². The van der Waals surface area contributed by atoms with E-state index in [4.69, 9.17) is 4.52 Å². The molecule has 4 rings (SSSR count). The number of anilines is 1. The highest BCUT2D eigenvalue weighted by Gasteiger charge is 2.19. The van der Waals surface area contributed by atoms with E-state index in [1.54, 1.807) is 33.8 Å². The molecule has 2 N–H and O–H groups in total. The Morgan fingerprint density at radius 1 is 1.15 bits per heavy atom. The Balaban J connectivity index is 1.78. The zero-order chi connectivity index (χ0) is 18.6. The number of hydrogen-bond donors (Lipinski definition) is 2. The summed E-state index contributed by atoms with van der Waals surface area (Å²) in [5, 5.41) is 9.79. The van der Waals surface area contributed by atoms with Gasteiger partial charge in [0.15, 0.2) is 0 Å². The molecule has 0 saturated carbocycles. The summed E-state index contributed by atoms with van der Waals surface area (Å²) in [7, 11) is 0. The van der Waals surface area contributed by atoms with Gasteiger partial charge in [-0.05, 0) is 33.8 Å². The summed E-state index contributed by atoms with van der Waals surface area (Å²) in [5.74, 6) is -0.126. The van der Waals surface area contributed by atoms with Gasteiger partial charge in [-0.2, -0.15) is 9.50 Å². The van der Waals surface area contributed by atoms with Crippen molar-refractivity contribution in [3.63, 3.8) is 0 Å². The van der Waals surface area contributed by atoms with E-state index < -0.39 is 5.91 Å². The van der Waals surface area contributed by atoms with Gasteiger partial charge < -0.3 is 4.52 Å². The second kappa shape index (κ2) is 5.48. The average Bonchev–Trinajstić information content (AvgIpc) is 3.15. The zero-order valence-electron chi connectivity index (χ0n) is 14.5. The number of H-pyrrole nitrogens is 1. The van der Waals surface area contributed by atoms with Gasteiger partial charge in [-0.1, -0.05) is 5.16 Å². The third-order valence-corrected chi connectivity index (χ3v) is 4.19. The maximum absolute atomic E-state index is 12.7. The molecule has 4 heterocycles. The van der Waals surface area contributed by atoms with Crippen molar-refractivity contribution in [2.45, 2.75) is 27.7 Å². The van der Waals surface area contributed by atoms with Crippen LogP contribution in [0.25, 0.3) is 16.9 Å². The van der Waals surface area contributed by atoms with Gasteiger partial charge in [0.05, 0.1) is 16.6 Å². The van der Waals surface area contributed by atoms with Crippen LogP contribution in [0.5, 0.6) is 0 Å². The summed E-state index contributed by atoms with van der Waals surface area (Å²) >= 11 is 0. The summed E-state index contributed by atoms with van der Waals surface area (Å²) in [6.45, 7) is 6.90. The van der Waals surface area contributed by atoms with E-state index >= 15 is 0 Å². The first-order chi connectivity index (χ1) is 12.3. The number of carbonyl (C=O) groups excluding carboxylic acids is 1. The summed E-state index contributed by atoms with van der Waals surface area (Å²) in [5.41, 5.74) is 2.67. The fourth-order valence-corrected chi connectivity index (χ4v) is 2.73. The van der Waals surface area contributed by atoms with Crippen LogP contribution in [-0.2, 0) is 0 Å². The van der Waals surface area contributed by atoms with E-state index in [2.05, 4.69) is 30.5 Å². The molecule has 0 unspecified atom stereocenters. The van der Waals surface area contributed by atoms with Crippen LogP contribution in [0.2, 0.25) is 0 Å². The SMILES string of the molecule is Cc1cc(C(=O)Nc2nc3nc(C)c(C)c(=O)n3[nH]2)c2c(C)noc2n1. The van der Waals surface area contributed by atoms with Gasteiger partial charge in [0.2, 0.25) is 5.95 Å². The Kier molecular flexibility index (Phi) is 3.36. The second-order valence-electron chi connectivity index (χ2n) is 6.05. The Labute approximate surface area is 146 Å². The van der Waals surface area contributed by atoms with Gasteiger partial charge in [-0.3, -0.25) is 20.0 Å². The first kappa shape index (κ1) is 15.9. The van der Waals surface area contributed by atoms with E-state index in [0.29, 0.717) is 39.3 Å². The number of hydrogen-bond acceptors (Lipinski definition) is 7. The largest absolute Gasteiger partial charge is 0.336 e. The monoisotopic (exact) mass is 353 g/mol. The van der Waals surface area contributed by atoms with Crippen molar-refractivity contribution < 1.29 is 9.32 Å². The molecule has 26 heavy (non-hydrogen) atoms. The molecule has 0 aliphatic rings. The highest BCUT2D eigenvalue weighted by Crippen LogP contribution is 2.22. The lowest BCUT2D eigenvalue weighted by molar-refractivity contribution is 0.102. The summed E-state index contributed by atoms with van der Waals surface area (Å²) in [6.07, 6.45) is 0. The maximum atomic E-state index is 12.7. The minimum Gasteiger partial charge on any atom is -0.336 e. The third kappa shape index (κ3) is 2.34. The number of aromatic nitrogens is 6. The van der Waals surface area contributed by atoms with Gasteiger partial charge in [-0.15, -0.1) is 0 Å². The first-order valence-corrected chi connectivity index (χ1v) is 7.86. The van der Waals surface area contributed by atoms with Crippen LogP contribution in [-0.4, -0.2) is 35.6 Å². The van der Waals surface area contributed by atoms with Gasteiger partial charge in [-0.25, -0.2) is 9.97 Å². The molecule has 0 aliphatic carbocycles. The second-order valence-corrected chi connectivity index (χ2v) is 6.05. The molecule has 1 amide bonds. The Morgan fingerprint density at radius 2 is 1.92 bits per heavy atom. The van der Waals surface area contributed by atoms with Crippen LogP contribution >= 0.6 is 0 Å². The minimum atomic E-state index is -0.424. The van der Waals surface area contributed by atoms with Crippen molar-refractivity contribution >= 4 is 28.7 Å². The summed E-state index contributed by atoms with van der Waals surface area (Å²) in [6, 6.07) is 1.64. The molecule has 0 saturated heterocycles. The predicted octanol–water partition coefficient (Wildman–Crippen LogP) is 1.44. The topological polar surface area (TPSA) is 131 Å². The molecule has 0 aromatic carbocycles. The van der Waals surface area contributed by atoms with Crippen molar-refractivity contribution in [1.29, 1.82) is 0 Å². The first-order valence-electron chi connectivity index (χ1n) is 7.86. The average molecular weight is 353 g/mol. The number of aromatic amines is 1. The zero-order valence-corrected chi connectivity index (χ0v) is 14.5. The molecule has 4 aromatic heterocycles. The Hall–Kier alpha value is -3.56. The molecular formula is C16H15N7O3. The highest BCUT2D eigenvalue weighted by atomic mass is 16.5. The standard InChI is InChI=1S/C16H15N7O3/c1-6-5-10(11-9(4)22-26-13(11)17-6)12(24)19-15-20-16-18-8(3)7(2)14(25)23(16)21-15/h5H,1-4H3,(H2,18,19,20,21,24).